The van der Waals surface area contributed by atoms with Gasteiger partial charge in [-0.1, -0.05) is 12.8 Å². The highest BCUT2D eigenvalue weighted by molar-refractivity contribution is 5.60. The van der Waals surface area contributed by atoms with Crippen molar-refractivity contribution in [3.8, 4) is 0 Å². The average molecular weight is 156 g/mol. The molecule has 2 heteroatoms. The lowest BCUT2D eigenvalue weighted by Gasteiger charge is -2.27. The number of methoxy groups -OCH3 is 1. The lowest BCUT2D eigenvalue weighted by atomic mass is 9.83. The van der Waals surface area contributed by atoms with Gasteiger partial charge in [0.05, 0.1) is 11.5 Å². The van der Waals surface area contributed by atoms with E-state index in [1.165, 1.54) is 12.8 Å². The molecular formula is C9H16O2. The van der Waals surface area contributed by atoms with Crippen LogP contribution in [0.1, 0.15) is 32.6 Å². The van der Waals surface area contributed by atoms with E-state index >= 15 is 0 Å². The van der Waals surface area contributed by atoms with E-state index in [4.69, 9.17) is 4.74 Å². The molecule has 0 radical (unpaired) electrons. The van der Waals surface area contributed by atoms with Gasteiger partial charge in [0, 0.05) is 7.11 Å². The van der Waals surface area contributed by atoms with E-state index in [9.17, 15) is 4.79 Å². The number of rotatable bonds is 3. The van der Waals surface area contributed by atoms with Gasteiger partial charge in [0.2, 0.25) is 0 Å². The second-order valence-corrected chi connectivity index (χ2v) is 3.44. The van der Waals surface area contributed by atoms with E-state index in [1.807, 2.05) is 6.92 Å². The van der Waals surface area contributed by atoms with Gasteiger partial charge in [-0.2, -0.15) is 0 Å². The molecule has 0 amide bonds. The first-order valence-corrected chi connectivity index (χ1v) is 4.24. The fraction of sp³-hybridized carbons (Fsp3) is 0.889. The van der Waals surface area contributed by atoms with Gasteiger partial charge in [-0.25, -0.2) is 0 Å². The molecule has 0 aromatic rings. The van der Waals surface area contributed by atoms with E-state index in [0.29, 0.717) is 0 Å². The summed E-state index contributed by atoms with van der Waals surface area (Å²) in [5.74, 6) is 0. The summed E-state index contributed by atoms with van der Waals surface area (Å²) in [7, 11) is 1.67. The van der Waals surface area contributed by atoms with Crippen LogP contribution < -0.4 is 0 Å². The van der Waals surface area contributed by atoms with Crippen molar-refractivity contribution in [2.45, 2.75) is 38.7 Å². The molecule has 1 atom stereocenters. The maximum Gasteiger partial charge on any atom is 0.128 e. The van der Waals surface area contributed by atoms with E-state index in [-0.39, 0.29) is 11.5 Å². The SMILES string of the molecule is COC(C)C1(C=O)CCCC1. The monoisotopic (exact) mass is 156 g/mol. The molecule has 64 valence electrons. The predicted octanol–water partition coefficient (Wildman–Crippen LogP) is 1.78. The molecule has 1 aliphatic rings. The van der Waals surface area contributed by atoms with E-state index in [2.05, 4.69) is 0 Å². The zero-order valence-corrected chi connectivity index (χ0v) is 7.30. The van der Waals surface area contributed by atoms with Crippen molar-refractivity contribution in [3.63, 3.8) is 0 Å². The van der Waals surface area contributed by atoms with Crippen LogP contribution in [0.5, 0.6) is 0 Å². The van der Waals surface area contributed by atoms with Gasteiger partial charge in [0.1, 0.15) is 6.29 Å². The third-order valence-electron chi connectivity index (χ3n) is 2.93. The van der Waals surface area contributed by atoms with Crippen molar-refractivity contribution in [2.24, 2.45) is 5.41 Å². The van der Waals surface area contributed by atoms with E-state index in [0.717, 1.165) is 19.1 Å². The second kappa shape index (κ2) is 3.35. The van der Waals surface area contributed by atoms with Crippen LogP contribution in [0.2, 0.25) is 0 Å². The molecule has 0 aromatic heterocycles. The Bertz CT molecular complexity index is 136. The van der Waals surface area contributed by atoms with Gasteiger partial charge in [0.25, 0.3) is 0 Å². The summed E-state index contributed by atoms with van der Waals surface area (Å²) in [5.41, 5.74) is -0.158. The minimum absolute atomic E-state index is 0.0856. The number of hydrogen-bond donors (Lipinski definition) is 0. The Morgan fingerprint density at radius 3 is 2.36 bits per heavy atom. The highest BCUT2D eigenvalue weighted by atomic mass is 16.5. The lowest BCUT2D eigenvalue weighted by molar-refractivity contribution is -0.123. The molecule has 1 fully saturated rings. The molecule has 0 spiro atoms. The summed E-state index contributed by atoms with van der Waals surface area (Å²) in [6.07, 6.45) is 5.53. The van der Waals surface area contributed by atoms with Crippen LogP contribution in [0.15, 0.2) is 0 Å². The number of carbonyl (C=O) groups is 1. The second-order valence-electron chi connectivity index (χ2n) is 3.44. The first kappa shape index (κ1) is 8.72. The zero-order chi connectivity index (χ0) is 8.32. The molecule has 1 aliphatic carbocycles. The topological polar surface area (TPSA) is 26.3 Å². The fourth-order valence-electron chi connectivity index (χ4n) is 1.89. The Kier molecular flexibility index (Phi) is 2.66. The fourth-order valence-corrected chi connectivity index (χ4v) is 1.89. The maximum atomic E-state index is 10.8. The van der Waals surface area contributed by atoms with Crippen molar-refractivity contribution < 1.29 is 9.53 Å². The van der Waals surface area contributed by atoms with Gasteiger partial charge >= 0.3 is 0 Å². The molecule has 0 heterocycles. The van der Waals surface area contributed by atoms with Crippen molar-refractivity contribution in [2.75, 3.05) is 7.11 Å². The van der Waals surface area contributed by atoms with Gasteiger partial charge in [-0.05, 0) is 19.8 Å². The molecule has 0 aliphatic heterocycles. The molecule has 0 N–H and O–H groups in total. The molecule has 1 rings (SSSR count). The van der Waals surface area contributed by atoms with Crippen LogP contribution in [-0.2, 0) is 9.53 Å². The van der Waals surface area contributed by atoms with Gasteiger partial charge in [0.15, 0.2) is 0 Å². The Morgan fingerprint density at radius 1 is 1.45 bits per heavy atom. The molecule has 2 nitrogen and oxygen atoms in total. The Balaban J connectivity index is 2.65. The van der Waals surface area contributed by atoms with Crippen LogP contribution in [0.25, 0.3) is 0 Å². The van der Waals surface area contributed by atoms with Crippen LogP contribution in [-0.4, -0.2) is 19.5 Å². The number of ether oxygens (including phenoxy) is 1. The Labute approximate surface area is 67.9 Å². The highest BCUT2D eigenvalue weighted by Crippen LogP contribution is 2.40. The zero-order valence-electron chi connectivity index (χ0n) is 7.30. The first-order valence-electron chi connectivity index (χ1n) is 4.24. The number of carbonyl (C=O) groups excluding carboxylic acids is 1. The van der Waals surface area contributed by atoms with Crippen LogP contribution in [0.3, 0.4) is 0 Å². The molecule has 11 heavy (non-hydrogen) atoms. The molecule has 1 unspecified atom stereocenters. The third kappa shape index (κ3) is 1.45. The van der Waals surface area contributed by atoms with Crippen molar-refractivity contribution in [3.05, 3.63) is 0 Å². The summed E-state index contributed by atoms with van der Waals surface area (Å²) in [4.78, 5) is 10.8. The summed E-state index contributed by atoms with van der Waals surface area (Å²) in [5, 5.41) is 0. The van der Waals surface area contributed by atoms with Crippen molar-refractivity contribution in [1.82, 2.24) is 0 Å². The summed E-state index contributed by atoms with van der Waals surface area (Å²) in [6, 6.07) is 0. The molecule has 0 bridgehead atoms. The van der Waals surface area contributed by atoms with E-state index in [1.54, 1.807) is 7.11 Å². The Hall–Kier alpha value is -0.370. The van der Waals surface area contributed by atoms with Crippen LogP contribution >= 0.6 is 0 Å². The summed E-state index contributed by atoms with van der Waals surface area (Å²) < 4.78 is 5.20. The lowest BCUT2D eigenvalue weighted by Crippen LogP contribution is -2.33. The predicted molar refractivity (Wildman–Crippen MR) is 43.4 cm³/mol. The van der Waals surface area contributed by atoms with E-state index < -0.39 is 0 Å². The first-order chi connectivity index (χ1) is 5.25. The van der Waals surface area contributed by atoms with Crippen molar-refractivity contribution in [1.29, 1.82) is 0 Å². The minimum atomic E-state index is -0.158. The third-order valence-corrected chi connectivity index (χ3v) is 2.93. The Morgan fingerprint density at radius 2 is 2.00 bits per heavy atom. The molecule has 0 saturated heterocycles. The largest absolute Gasteiger partial charge is 0.381 e. The molecule has 1 saturated carbocycles. The number of aldehydes is 1. The quantitative estimate of drug-likeness (QED) is 0.582. The smallest absolute Gasteiger partial charge is 0.128 e. The summed E-state index contributed by atoms with van der Waals surface area (Å²) in [6.45, 7) is 1.99. The standard InChI is InChI=1S/C9H16O2/c1-8(11-2)9(7-10)5-3-4-6-9/h7-8H,3-6H2,1-2H3. The normalized spacial score (nSPS) is 24.9. The minimum Gasteiger partial charge on any atom is -0.381 e. The maximum absolute atomic E-state index is 10.8. The highest BCUT2D eigenvalue weighted by Gasteiger charge is 2.38. The van der Waals surface area contributed by atoms with Crippen LogP contribution in [0, 0.1) is 5.41 Å². The van der Waals surface area contributed by atoms with Crippen molar-refractivity contribution >= 4 is 6.29 Å². The van der Waals surface area contributed by atoms with Gasteiger partial charge in [-0.3, -0.25) is 0 Å². The summed E-state index contributed by atoms with van der Waals surface area (Å²) >= 11 is 0. The molecular weight excluding hydrogens is 140 g/mol. The number of hydrogen-bond acceptors (Lipinski definition) is 2. The van der Waals surface area contributed by atoms with Gasteiger partial charge in [-0.15, -0.1) is 0 Å². The van der Waals surface area contributed by atoms with Crippen LogP contribution in [0.4, 0.5) is 0 Å². The average Bonchev–Trinajstić information content (AvgIpc) is 2.52. The molecule has 0 aromatic carbocycles. The van der Waals surface area contributed by atoms with Gasteiger partial charge < -0.3 is 9.53 Å².